The van der Waals surface area contributed by atoms with E-state index in [1.807, 2.05) is 36.4 Å². The van der Waals surface area contributed by atoms with Crippen molar-refractivity contribution in [1.29, 1.82) is 0 Å². The molecule has 3 nitrogen and oxygen atoms in total. The molecule has 1 N–H and O–H groups in total. The molecule has 0 bridgehead atoms. The highest BCUT2D eigenvalue weighted by Crippen LogP contribution is 2.12. The Morgan fingerprint density at radius 3 is 2.84 bits per heavy atom. The first-order valence-electron chi connectivity index (χ1n) is 6.47. The number of para-hydroxylation sites is 1. The van der Waals surface area contributed by atoms with Gasteiger partial charge in [0.2, 0.25) is 5.91 Å². The Hall–Kier alpha value is -2.16. The van der Waals surface area contributed by atoms with Gasteiger partial charge >= 0.3 is 0 Å². The van der Waals surface area contributed by atoms with E-state index in [1.54, 1.807) is 6.08 Å². The third-order valence-corrected chi connectivity index (χ3v) is 2.71. The second-order valence-corrected chi connectivity index (χ2v) is 4.90. The molecule has 0 radical (unpaired) electrons. The Bertz CT molecular complexity index is 602. The van der Waals surface area contributed by atoms with Crippen molar-refractivity contribution in [3.63, 3.8) is 0 Å². The molecule has 0 aliphatic rings. The molecule has 1 aromatic carbocycles. The van der Waals surface area contributed by atoms with Crippen molar-refractivity contribution >= 4 is 22.9 Å². The summed E-state index contributed by atoms with van der Waals surface area (Å²) in [5, 5.41) is 3.94. The van der Waals surface area contributed by atoms with Gasteiger partial charge in [-0.2, -0.15) is 0 Å². The zero-order valence-electron chi connectivity index (χ0n) is 11.3. The molecule has 0 aliphatic heterocycles. The van der Waals surface area contributed by atoms with Gasteiger partial charge in [0.15, 0.2) is 0 Å². The fraction of sp³-hybridized carbons (Fsp3) is 0.250. The van der Waals surface area contributed by atoms with Gasteiger partial charge in [-0.25, -0.2) is 4.98 Å². The Morgan fingerprint density at radius 2 is 2.05 bits per heavy atom. The highest BCUT2D eigenvalue weighted by atomic mass is 16.1. The van der Waals surface area contributed by atoms with Crippen molar-refractivity contribution in [1.82, 2.24) is 10.3 Å². The summed E-state index contributed by atoms with van der Waals surface area (Å²) in [7, 11) is 0. The second-order valence-electron chi connectivity index (χ2n) is 4.90. The third kappa shape index (κ3) is 3.91. The molecule has 19 heavy (non-hydrogen) atoms. The molecule has 1 heterocycles. The molecule has 0 fully saturated rings. The van der Waals surface area contributed by atoms with Crippen molar-refractivity contribution in [3.8, 4) is 0 Å². The fourth-order valence-electron chi connectivity index (χ4n) is 1.70. The van der Waals surface area contributed by atoms with Gasteiger partial charge in [0.05, 0.1) is 11.2 Å². The van der Waals surface area contributed by atoms with Gasteiger partial charge in [0.25, 0.3) is 0 Å². The van der Waals surface area contributed by atoms with E-state index >= 15 is 0 Å². The van der Waals surface area contributed by atoms with Gasteiger partial charge in [-0.15, -0.1) is 0 Å². The summed E-state index contributed by atoms with van der Waals surface area (Å²) >= 11 is 0. The van der Waals surface area contributed by atoms with Crippen LogP contribution in [0.5, 0.6) is 0 Å². The van der Waals surface area contributed by atoms with E-state index < -0.39 is 0 Å². The van der Waals surface area contributed by atoms with Crippen LogP contribution in [0.25, 0.3) is 17.0 Å². The Morgan fingerprint density at radius 1 is 1.26 bits per heavy atom. The van der Waals surface area contributed by atoms with Crippen LogP contribution in [0.2, 0.25) is 0 Å². The van der Waals surface area contributed by atoms with E-state index in [9.17, 15) is 4.79 Å². The van der Waals surface area contributed by atoms with Gasteiger partial charge in [-0.05, 0) is 24.1 Å². The van der Waals surface area contributed by atoms with Crippen LogP contribution in [0, 0.1) is 5.92 Å². The van der Waals surface area contributed by atoms with Gasteiger partial charge < -0.3 is 5.32 Å². The first-order valence-corrected chi connectivity index (χ1v) is 6.47. The lowest BCUT2D eigenvalue weighted by Gasteiger charge is -2.04. The van der Waals surface area contributed by atoms with Gasteiger partial charge in [0.1, 0.15) is 0 Å². The summed E-state index contributed by atoms with van der Waals surface area (Å²) < 4.78 is 0. The molecule has 98 valence electrons. The summed E-state index contributed by atoms with van der Waals surface area (Å²) in [4.78, 5) is 16.0. The molecule has 0 aliphatic carbocycles. The molecular weight excluding hydrogens is 236 g/mol. The van der Waals surface area contributed by atoms with E-state index in [4.69, 9.17) is 0 Å². The lowest BCUT2D eigenvalue weighted by Crippen LogP contribution is -2.25. The van der Waals surface area contributed by atoms with Crippen molar-refractivity contribution in [3.05, 3.63) is 48.2 Å². The van der Waals surface area contributed by atoms with E-state index in [2.05, 4.69) is 24.1 Å². The number of hydrogen-bond acceptors (Lipinski definition) is 2. The summed E-state index contributed by atoms with van der Waals surface area (Å²) in [5.41, 5.74) is 1.73. The van der Waals surface area contributed by atoms with E-state index in [0.29, 0.717) is 12.5 Å². The second kappa shape index (κ2) is 6.14. The monoisotopic (exact) mass is 254 g/mol. The molecule has 2 aromatic rings. The Labute approximate surface area is 113 Å². The molecule has 0 saturated heterocycles. The first-order chi connectivity index (χ1) is 9.15. The number of nitrogens with zero attached hydrogens (tertiary/aromatic N) is 1. The summed E-state index contributed by atoms with van der Waals surface area (Å²) in [5.74, 6) is 0.375. The standard InChI is InChI=1S/C16H18N2O/c1-12(2)11-17-16(19)10-9-14-8-7-13-5-3-4-6-15(13)18-14/h3-10,12H,11H2,1-2H3,(H,17,19)/b10-9+. The van der Waals surface area contributed by atoms with Crippen LogP contribution >= 0.6 is 0 Å². The zero-order valence-corrected chi connectivity index (χ0v) is 11.3. The van der Waals surface area contributed by atoms with Gasteiger partial charge in [-0.1, -0.05) is 38.1 Å². The minimum atomic E-state index is -0.0799. The lowest BCUT2D eigenvalue weighted by molar-refractivity contribution is -0.116. The van der Waals surface area contributed by atoms with Gasteiger partial charge in [-0.3, -0.25) is 4.79 Å². The Balaban J connectivity index is 2.06. The fourth-order valence-corrected chi connectivity index (χ4v) is 1.70. The number of hydrogen-bond donors (Lipinski definition) is 1. The third-order valence-electron chi connectivity index (χ3n) is 2.71. The molecule has 0 unspecified atom stereocenters. The van der Waals surface area contributed by atoms with Crippen molar-refractivity contribution in [2.45, 2.75) is 13.8 Å². The number of aromatic nitrogens is 1. The first kappa shape index (κ1) is 13.3. The summed E-state index contributed by atoms with van der Waals surface area (Å²) in [6.45, 7) is 4.82. The average molecular weight is 254 g/mol. The molecule has 0 atom stereocenters. The quantitative estimate of drug-likeness (QED) is 0.852. The smallest absolute Gasteiger partial charge is 0.244 e. The molecular formula is C16H18N2O. The van der Waals surface area contributed by atoms with E-state index in [0.717, 1.165) is 16.6 Å². The van der Waals surface area contributed by atoms with Crippen molar-refractivity contribution in [2.24, 2.45) is 5.92 Å². The number of amides is 1. The van der Waals surface area contributed by atoms with Crippen LogP contribution < -0.4 is 5.32 Å². The number of carbonyl (C=O) groups is 1. The van der Waals surface area contributed by atoms with Crippen LogP contribution in [0.4, 0.5) is 0 Å². The molecule has 1 amide bonds. The summed E-state index contributed by atoms with van der Waals surface area (Å²) in [6, 6.07) is 11.8. The number of fused-ring (bicyclic) bond motifs is 1. The predicted octanol–water partition coefficient (Wildman–Crippen LogP) is 3.02. The summed E-state index contributed by atoms with van der Waals surface area (Å²) in [6.07, 6.45) is 3.27. The minimum Gasteiger partial charge on any atom is -0.352 e. The maximum atomic E-state index is 11.6. The minimum absolute atomic E-state index is 0.0799. The topological polar surface area (TPSA) is 42.0 Å². The molecule has 0 saturated carbocycles. The van der Waals surface area contributed by atoms with Crippen molar-refractivity contribution < 1.29 is 4.79 Å². The number of nitrogens with one attached hydrogen (secondary N) is 1. The SMILES string of the molecule is CC(C)CNC(=O)/C=C/c1ccc2ccccc2n1. The zero-order chi connectivity index (χ0) is 13.7. The van der Waals surface area contributed by atoms with Crippen LogP contribution in [0.15, 0.2) is 42.5 Å². The maximum absolute atomic E-state index is 11.6. The maximum Gasteiger partial charge on any atom is 0.244 e. The van der Waals surface area contributed by atoms with Crippen molar-refractivity contribution in [2.75, 3.05) is 6.54 Å². The lowest BCUT2D eigenvalue weighted by atomic mass is 10.2. The highest BCUT2D eigenvalue weighted by Gasteiger charge is 1.98. The largest absolute Gasteiger partial charge is 0.352 e. The highest BCUT2D eigenvalue weighted by molar-refractivity contribution is 5.91. The average Bonchev–Trinajstić information content (AvgIpc) is 2.42. The van der Waals surface area contributed by atoms with E-state index in [1.165, 1.54) is 6.08 Å². The number of rotatable bonds is 4. The van der Waals surface area contributed by atoms with Crippen LogP contribution in [0.1, 0.15) is 19.5 Å². The van der Waals surface area contributed by atoms with Crippen LogP contribution in [-0.2, 0) is 4.79 Å². The number of pyridine rings is 1. The Kier molecular flexibility index (Phi) is 4.29. The predicted molar refractivity (Wildman–Crippen MR) is 78.6 cm³/mol. The normalized spacial score (nSPS) is 11.3. The van der Waals surface area contributed by atoms with E-state index in [-0.39, 0.29) is 5.91 Å². The molecule has 0 spiro atoms. The molecule has 1 aromatic heterocycles. The van der Waals surface area contributed by atoms with Gasteiger partial charge in [0, 0.05) is 18.0 Å². The van der Waals surface area contributed by atoms with Crippen LogP contribution in [-0.4, -0.2) is 17.4 Å². The van der Waals surface area contributed by atoms with Crippen LogP contribution in [0.3, 0.4) is 0 Å². The number of benzene rings is 1. The molecule has 3 heteroatoms. The molecule has 2 rings (SSSR count). The number of carbonyl (C=O) groups excluding carboxylic acids is 1.